The Balaban J connectivity index is 1.53. The third kappa shape index (κ3) is 5.10. The Hall–Kier alpha value is -2.41. The number of rotatable bonds is 6. The number of halogens is 2. The number of hydrogen-bond acceptors (Lipinski definition) is 5. The summed E-state index contributed by atoms with van der Waals surface area (Å²) in [6.07, 6.45) is 0.930. The maximum absolute atomic E-state index is 13.2. The van der Waals surface area contributed by atoms with Crippen LogP contribution in [-0.2, 0) is 11.2 Å². The molecule has 0 bridgehead atoms. The maximum Gasteiger partial charge on any atom is 0.227 e. The molecule has 6 nitrogen and oxygen atoms in total. The lowest BCUT2D eigenvalue weighted by molar-refractivity contribution is -0.131. The molecule has 28 heavy (non-hydrogen) atoms. The first-order chi connectivity index (χ1) is 13.5. The lowest BCUT2D eigenvalue weighted by Crippen LogP contribution is -2.49. The molecular weight excluding hydrogens is 381 g/mol. The van der Waals surface area contributed by atoms with E-state index < -0.39 is 5.82 Å². The largest absolute Gasteiger partial charge is 0.370 e. The lowest BCUT2D eigenvalue weighted by Gasteiger charge is -2.35. The van der Waals surface area contributed by atoms with E-state index in [9.17, 15) is 9.18 Å². The molecular formula is C20H25ClFN5O. The summed E-state index contributed by atoms with van der Waals surface area (Å²) >= 11 is 5.80. The Morgan fingerprint density at radius 2 is 1.96 bits per heavy atom. The standard InChI is InChI=1S/C20H25ClFN5O/c1-3-23-18-12-14(2)24-20(25-18)27-10-8-26(9-11-27)19(28)7-5-15-4-6-17(22)16(21)13-15/h4,6,12-13H,3,5,7-11H2,1-2H3,(H,23,24,25). The van der Waals surface area contributed by atoms with Crippen LogP contribution in [0.5, 0.6) is 0 Å². The third-order valence-corrected chi connectivity index (χ3v) is 5.02. The smallest absolute Gasteiger partial charge is 0.227 e. The molecule has 0 atom stereocenters. The van der Waals surface area contributed by atoms with E-state index in [1.807, 2.05) is 24.8 Å². The molecule has 2 heterocycles. The number of hydrogen-bond donors (Lipinski definition) is 1. The van der Waals surface area contributed by atoms with Gasteiger partial charge in [0.1, 0.15) is 11.6 Å². The fourth-order valence-electron chi connectivity index (χ4n) is 3.23. The zero-order chi connectivity index (χ0) is 20.1. The highest BCUT2D eigenvalue weighted by Gasteiger charge is 2.23. The quantitative estimate of drug-likeness (QED) is 0.799. The second kappa shape index (κ2) is 9.19. The molecule has 1 fully saturated rings. The zero-order valence-corrected chi connectivity index (χ0v) is 17.0. The summed E-state index contributed by atoms with van der Waals surface area (Å²) < 4.78 is 13.2. The Labute approximate surface area is 169 Å². The van der Waals surface area contributed by atoms with Crippen molar-refractivity contribution in [2.45, 2.75) is 26.7 Å². The predicted molar refractivity (Wildman–Crippen MR) is 109 cm³/mol. The Morgan fingerprint density at radius 1 is 1.21 bits per heavy atom. The molecule has 1 saturated heterocycles. The van der Waals surface area contributed by atoms with Gasteiger partial charge in [0, 0.05) is 50.9 Å². The van der Waals surface area contributed by atoms with Crippen molar-refractivity contribution in [1.29, 1.82) is 0 Å². The van der Waals surface area contributed by atoms with Crippen LogP contribution in [0.15, 0.2) is 24.3 Å². The summed E-state index contributed by atoms with van der Waals surface area (Å²) in [5.74, 6) is 1.17. The zero-order valence-electron chi connectivity index (χ0n) is 16.2. The van der Waals surface area contributed by atoms with Gasteiger partial charge in [0.05, 0.1) is 5.02 Å². The molecule has 3 rings (SSSR count). The molecule has 8 heteroatoms. The van der Waals surface area contributed by atoms with Gasteiger partial charge in [-0.15, -0.1) is 0 Å². The normalized spacial score (nSPS) is 14.3. The minimum atomic E-state index is -0.441. The van der Waals surface area contributed by atoms with Crippen molar-refractivity contribution < 1.29 is 9.18 Å². The first kappa shape index (κ1) is 20.3. The number of aromatic nitrogens is 2. The molecule has 1 amide bonds. The van der Waals surface area contributed by atoms with Crippen LogP contribution >= 0.6 is 11.6 Å². The first-order valence-corrected chi connectivity index (χ1v) is 9.90. The molecule has 2 aromatic rings. The minimum Gasteiger partial charge on any atom is -0.370 e. The number of nitrogens with one attached hydrogen (secondary N) is 1. The fourth-order valence-corrected chi connectivity index (χ4v) is 3.43. The molecule has 1 aliphatic heterocycles. The van der Waals surface area contributed by atoms with Gasteiger partial charge >= 0.3 is 0 Å². The van der Waals surface area contributed by atoms with Crippen LogP contribution in [0.4, 0.5) is 16.2 Å². The van der Waals surface area contributed by atoms with Crippen molar-refractivity contribution in [3.8, 4) is 0 Å². The second-order valence-electron chi connectivity index (χ2n) is 6.84. The monoisotopic (exact) mass is 405 g/mol. The molecule has 0 radical (unpaired) electrons. The Bertz CT molecular complexity index is 839. The van der Waals surface area contributed by atoms with Crippen molar-refractivity contribution in [3.05, 3.63) is 46.4 Å². The van der Waals surface area contributed by atoms with E-state index in [1.165, 1.54) is 6.07 Å². The van der Waals surface area contributed by atoms with Gasteiger partial charge in [0.25, 0.3) is 0 Å². The molecule has 0 spiro atoms. The van der Waals surface area contributed by atoms with Crippen LogP contribution in [-0.4, -0.2) is 53.5 Å². The molecule has 1 N–H and O–H groups in total. The molecule has 1 aliphatic rings. The number of piperazine rings is 1. The van der Waals surface area contributed by atoms with Crippen LogP contribution in [0, 0.1) is 12.7 Å². The highest BCUT2D eigenvalue weighted by Crippen LogP contribution is 2.19. The van der Waals surface area contributed by atoms with Crippen molar-refractivity contribution in [1.82, 2.24) is 14.9 Å². The van der Waals surface area contributed by atoms with Crippen LogP contribution < -0.4 is 10.2 Å². The predicted octanol–water partition coefficient (Wildman–Crippen LogP) is 3.29. The number of benzene rings is 1. The van der Waals surface area contributed by atoms with Gasteiger partial charge in [-0.05, 0) is 38.0 Å². The van der Waals surface area contributed by atoms with E-state index in [4.69, 9.17) is 11.6 Å². The lowest BCUT2D eigenvalue weighted by atomic mass is 10.1. The number of nitrogens with zero attached hydrogens (tertiary/aromatic N) is 4. The summed E-state index contributed by atoms with van der Waals surface area (Å²) in [5.41, 5.74) is 1.78. The summed E-state index contributed by atoms with van der Waals surface area (Å²) in [4.78, 5) is 25.6. The van der Waals surface area contributed by atoms with Crippen LogP contribution in [0.25, 0.3) is 0 Å². The third-order valence-electron chi connectivity index (χ3n) is 4.73. The summed E-state index contributed by atoms with van der Waals surface area (Å²) in [6.45, 7) is 7.45. The van der Waals surface area contributed by atoms with E-state index in [1.54, 1.807) is 12.1 Å². The van der Waals surface area contributed by atoms with Gasteiger partial charge in [0.15, 0.2) is 0 Å². The summed E-state index contributed by atoms with van der Waals surface area (Å²) in [7, 11) is 0. The molecule has 1 aromatic heterocycles. The van der Waals surface area contributed by atoms with Gasteiger partial charge < -0.3 is 15.1 Å². The van der Waals surface area contributed by atoms with Crippen molar-refractivity contribution in [2.24, 2.45) is 0 Å². The van der Waals surface area contributed by atoms with Gasteiger partial charge in [-0.25, -0.2) is 9.37 Å². The van der Waals surface area contributed by atoms with E-state index >= 15 is 0 Å². The summed E-state index contributed by atoms with van der Waals surface area (Å²) in [6, 6.07) is 6.52. The van der Waals surface area contributed by atoms with Gasteiger partial charge in [-0.1, -0.05) is 17.7 Å². The molecule has 0 aliphatic carbocycles. The Morgan fingerprint density at radius 3 is 2.64 bits per heavy atom. The Kier molecular flexibility index (Phi) is 6.67. The van der Waals surface area contributed by atoms with E-state index in [2.05, 4.69) is 20.2 Å². The number of amides is 1. The first-order valence-electron chi connectivity index (χ1n) is 9.52. The maximum atomic E-state index is 13.2. The van der Waals surface area contributed by atoms with Crippen molar-refractivity contribution >= 4 is 29.3 Å². The minimum absolute atomic E-state index is 0.0913. The molecule has 0 saturated carbocycles. The van der Waals surface area contributed by atoms with Gasteiger partial charge in [-0.3, -0.25) is 4.79 Å². The van der Waals surface area contributed by atoms with E-state index in [-0.39, 0.29) is 10.9 Å². The number of carbonyl (C=O) groups excluding carboxylic acids is 1. The summed E-state index contributed by atoms with van der Waals surface area (Å²) in [5, 5.41) is 3.31. The number of aryl methyl sites for hydroxylation is 2. The molecule has 150 valence electrons. The number of anilines is 2. The SMILES string of the molecule is CCNc1cc(C)nc(N2CCN(C(=O)CCc3ccc(F)c(Cl)c3)CC2)n1. The average molecular weight is 406 g/mol. The highest BCUT2D eigenvalue weighted by molar-refractivity contribution is 6.30. The van der Waals surface area contributed by atoms with Crippen LogP contribution in [0.3, 0.4) is 0 Å². The topological polar surface area (TPSA) is 61.4 Å². The van der Waals surface area contributed by atoms with Gasteiger partial charge in [0.2, 0.25) is 11.9 Å². The van der Waals surface area contributed by atoms with Gasteiger partial charge in [-0.2, -0.15) is 4.98 Å². The molecule has 0 unspecified atom stereocenters. The van der Waals surface area contributed by atoms with E-state index in [0.717, 1.165) is 23.6 Å². The van der Waals surface area contributed by atoms with Crippen molar-refractivity contribution in [3.63, 3.8) is 0 Å². The van der Waals surface area contributed by atoms with Crippen LogP contribution in [0.2, 0.25) is 5.02 Å². The fraction of sp³-hybridized carbons (Fsp3) is 0.450. The van der Waals surface area contributed by atoms with Crippen LogP contribution in [0.1, 0.15) is 24.6 Å². The van der Waals surface area contributed by atoms with E-state index in [0.29, 0.717) is 45.0 Å². The van der Waals surface area contributed by atoms with Crippen molar-refractivity contribution in [2.75, 3.05) is 42.9 Å². The highest BCUT2D eigenvalue weighted by atomic mass is 35.5. The molecule has 1 aromatic carbocycles. The second-order valence-corrected chi connectivity index (χ2v) is 7.25. The average Bonchev–Trinajstić information content (AvgIpc) is 2.68. The number of carbonyl (C=O) groups is 1.